The average molecular weight is 249 g/mol. The fourth-order valence-electron chi connectivity index (χ4n) is 1.64. The lowest BCUT2D eigenvalue weighted by Gasteiger charge is -2.10. The Bertz CT molecular complexity index is 416. The first kappa shape index (κ1) is 14.1. The molecule has 0 heterocycles. The fraction of sp³-hybridized carbons (Fsp3) is 0.357. The molecule has 1 N–H and O–H groups in total. The molecular weight excluding hydrogens is 230 g/mol. The maximum Gasteiger partial charge on any atom is 0.243 e. The Morgan fingerprint density at radius 3 is 2.78 bits per heavy atom. The van der Waals surface area contributed by atoms with Crippen LogP contribution in [-0.4, -0.2) is 26.7 Å². The molecule has 1 aromatic carbocycles. The van der Waals surface area contributed by atoms with Crippen LogP contribution in [0.15, 0.2) is 30.9 Å². The summed E-state index contributed by atoms with van der Waals surface area (Å²) < 4.78 is 10.5. The van der Waals surface area contributed by atoms with E-state index in [1.165, 1.54) is 6.08 Å². The van der Waals surface area contributed by atoms with Crippen LogP contribution in [-0.2, 0) is 11.2 Å². The molecule has 0 saturated carbocycles. The van der Waals surface area contributed by atoms with Gasteiger partial charge in [-0.25, -0.2) is 0 Å². The molecule has 1 amide bonds. The number of benzene rings is 1. The molecule has 4 nitrogen and oxygen atoms in total. The number of hydrogen-bond acceptors (Lipinski definition) is 3. The molecule has 0 atom stereocenters. The highest BCUT2D eigenvalue weighted by molar-refractivity contribution is 5.86. The van der Waals surface area contributed by atoms with Crippen molar-refractivity contribution in [2.75, 3.05) is 20.8 Å². The van der Waals surface area contributed by atoms with Gasteiger partial charge in [-0.3, -0.25) is 4.79 Å². The molecule has 0 radical (unpaired) electrons. The standard InChI is InChI=1S/C14H19NO3/c1-4-14(16)15-9-5-6-11-10-12(17-2)7-8-13(11)18-3/h4,7-8,10H,1,5-6,9H2,2-3H3,(H,15,16). The minimum atomic E-state index is -0.146. The quantitative estimate of drug-likeness (QED) is 0.593. The van der Waals surface area contributed by atoms with Gasteiger partial charge in [0.1, 0.15) is 11.5 Å². The molecule has 98 valence electrons. The largest absolute Gasteiger partial charge is 0.497 e. The topological polar surface area (TPSA) is 47.6 Å². The molecule has 0 unspecified atom stereocenters. The molecule has 0 bridgehead atoms. The number of hydrogen-bond donors (Lipinski definition) is 1. The molecule has 0 aliphatic heterocycles. The Morgan fingerprint density at radius 1 is 1.39 bits per heavy atom. The van der Waals surface area contributed by atoms with Crippen molar-refractivity contribution in [2.24, 2.45) is 0 Å². The van der Waals surface area contributed by atoms with E-state index in [1.54, 1.807) is 14.2 Å². The SMILES string of the molecule is C=CC(=O)NCCCc1cc(OC)ccc1OC. The number of nitrogens with one attached hydrogen (secondary N) is 1. The Balaban J connectivity index is 2.54. The molecular formula is C14H19NO3. The minimum Gasteiger partial charge on any atom is -0.497 e. The first-order valence-electron chi connectivity index (χ1n) is 5.82. The fourth-order valence-corrected chi connectivity index (χ4v) is 1.64. The molecule has 18 heavy (non-hydrogen) atoms. The maximum absolute atomic E-state index is 11.0. The first-order chi connectivity index (χ1) is 8.71. The van der Waals surface area contributed by atoms with E-state index in [0.717, 1.165) is 29.9 Å². The molecule has 0 aliphatic rings. The zero-order valence-electron chi connectivity index (χ0n) is 10.9. The Labute approximate surface area is 108 Å². The van der Waals surface area contributed by atoms with Crippen molar-refractivity contribution in [3.63, 3.8) is 0 Å². The van der Waals surface area contributed by atoms with Gasteiger partial charge in [0.05, 0.1) is 14.2 Å². The van der Waals surface area contributed by atoms with Gasteiger partial charge in [0.25, 0.3) is 0 Å². The van der Waals surface area contributed by atoms with E-state index >= 15 is 0 Å². The van der Waals surface area contributed by atoms with Crippen LogP contribution in [0.4, 0.5) is 0 Å². The summed E-state index contributed by atoms with van der Waals surface area (Å²) in [7, 11) is 3.28. The third kappa shape index (κ3) is 4.13. The van der Waals surface area contributed by atoms with E-state index in [0.29, 0.717) is 6.54 Å². The number of rotatable bonds is 7. The smallest absolute Gasteiger partial charge is 0.243 e. The summed E-state index contributed by atoms with van der Waals surface area (Å²) in [6, 6.07) is 5.70. The number of carbonyl (C=O) groups excluding carboxylic acids is 1. The van der Waals surface area contributed by atoms with Crippen molar-refractivity contribution in [3.8, 4) is 11.5 Å². The van der Waals surface area contributed by atoms with Gasteiger partial charge in [-0.2, -0.15) is 0 Å². The van der Waals surface area contributed by atoms with Gasteiger partial charge in [-0.15, -0.1) is 0 Å². The van der Waals surface area contributed by atoms with Crippen LogP contribution in [0.3, 0.4) is 0 Å². The van der Waals surface area contributed by atoms with Crippen molar-refractivity contribution in [1.82, 2.24) is 5.32 Å². The number of ether oxygens (including phenoxy) is 2. The van der Waals surface area contributed by atoms with Crippen LogP contribution in [0, 0.1) is 0 Å². The van der Waals surface area contributed by atoms with Crippen LogP contribution in [0.25, 0.3) is 0 Å². The third-order valence-electron chi connectivity index (χ3n) is 2.60. The van der Waals surface area contributed by atoms with Gasteiger partial charge in [-0.1, -0.05) is 6.58 Å². The van der Waals surface area contributed by atoms with Crippen LogP contribution in [0.1, 0.15) is 12.0 Å². The van der Waals surface area contributed by atoms with Crippen molar-refractivity contribution < 1.29 is 14.3 Å². The molecule has 0 fully saturated rings. The zero-order valence-corrected chi connectivity index (χ0v) is 10.9. The van der Waals surface area contributed by atoms with Gasteiger partial charge in [0.2, 0.25) is 5.91 Å². The Kier molecular flexibility index (Phi) is 5.77. The normalized spacial score (nSPS) is 9.67. The predicted molar refractivity (Wildman–Crippen MR) is 71.1 cm³/mol. The van der Waals surface area contributed by atoms with Crippen molar-refractivity contribution in [2.45, 2.75) is 12.8 Å². The summed E-state index contributed by atoms with van der Waals surface area (Å²) in [5.41, 5.74) is 1.07. The maximum atomic E-state index is 11.0. The van der Waals surface area contributed by atoms with Gasteiger partial charge in [0.15, 0.2) is 0 Å². The summed E-state index contributed by atoms with van der Waals surface area (Å²) in [6.07, 6.45) is 2.92. The van der Waals surface area contributed by atoms with Crippen LogP contribution in [0.2, 0.25) is 0 Å². The highest BCUT2D eigenvalue weighted by Gasteiger charge is 2.05. The second kappa shape index (κ2) is 7.37. The molecule has 0 saturated heterocycles. The summed E-state index contributed by atoms with van der Waals surface area (Å²) in [6.45, 7) is 4.02. The van der Waals surface area contributed by atoms with E-state index in [1.807, 2.05) is 18.2 Å². The summed E-state index contributed by atoms with van der Waals surface area (Å²) >= 11 is 0. The van der Waals surface area contributed by atoms with Crippen molar-refractivity contribution >= 4 is 5.91 Å². The summed E-state index contributed by atoms with van der Waals surface area (Å²) in [5, 5.41) is 2.74. The third-order valence-corrected chi connectivity index (χ3v) is 2.60. The highest BCUT2D eigenvalue weighted by Crippen LogP contribution is 2.24. The van der Waals surface area contributed by atoms with Crippen molar-refractivity contribution in [1.29, 1.82) is 0 Å². The Hall–Kier alpha value is -1.97. The summed E-state index contributed by atoms with van der Waals surface area (Å²) in [4.78, 5) is 11.0. The number of aryl methyl sites for hydroxylation is 1. The number of methoxy groups -OCH3 is 2. The second-order valence-electron chi connectivity index (χ2n) is 3.78. The predicted octanol–water partition coefficient (Wildman–Crippen LogP) is 1.94. The van der Waals surface area contributed by atoms with E-state index in [-0.39, 0.29) is 5.91 Å². The van der Waals surface area contributed by atoms with E-state index in [2.05, 4.69) is 11.9 Å². The molecule has 0 spiro atoms. The van der Waals surface area contributed by atoms with Gasteiger partial charge in [-0.05, 0) is 42.7 Å². The second-order valence-corrected chi connectivity index (χ2v) is 3.78. The van der Waals surface area contributed by atoms with Gasteiger partial charge >= 0.3 is 0 Å². The number of amides is 1. The lowest BCUT2D eigenvalue weighted by molar-refractivity contribution is -0.116. The zero-order chi connectivity index (χ0) is 13.4. The van der Waals surface area contributed by atoms with Crippen molar-refractivity contribution in [3.05, 3.63) is 36.4 Å². The first-order valence-corrected chi connectivity index (χ1v) is 5.82. The lowest BCUT2D eigenvalue weighted by atomic mass is 10.1. The van der Waals surface area contributed by atoms with E-state index in [9.17, 15) is 4.79 Å². The average Bonchev–Trinajstić information content (AvgIpc) is 2.42. The minimum absolute atomic E-state index is 0.146. The summed E-state index contributed by atoms with van der Waals surface area (Å²) in [5.74, 6) is 1.50. The molecule has 0 aliphatic carbocycles. The van der Waals surface area contributed by atoms with Gasteiger partial charge in [0, 0.05) is 6.54 Å². The lowest BCUT2D eigenvalue weighted by Crippen LogP contribution is -2.22. The highest BCUT2D eigenvalue weighted by atomic mass is 16.5. The van der Waals surface area contributed by atoms with Crippen LogP contribution < -0.4 is 14.8 Å². The van der Waals surface area contributed by atoms with Gasteiger partial charge < -0.3 is 14.8 Å². The molecule has 1 rings (SSSR count). The van der Waals surface area contributed by atoms with E-state index in [4.69, 9.17) is 9.47 Å². The monoisotopic (exact) mass is 249 g/mol. The van der Waals surface area contributed by atoms with E-state index < -0.39 is 0 Å². The van der Waals surface area contributed by atoms with Crippen LogP contribution in [0.5, 0.6) is 11.5 Å². The van der Waals surface area contributed by atoms with Crippen LogP contribution >= 0.6 is 0 Å². The number of carbonyl (C=O) groups is 1. The Morgan fingerprint density at radius 2 is 2.17 bits per heavy atom. The molecule has 1 aromatic rings. The molecule has 0 aromatic heterocycles. The molecule has 4 heteroatoms.